The number of halogens is 3. The van der Waals surface area contributed by atoms with Crippen LogP contribution < -0.4 is 0 Å². The largest absolute Gasteiger partial charge is 0.465 e. The van der Waals surface area contributed by atoms with Gasteiger partial charge in [-0.05, 0) is 42.0 Å². The van der Waals surface area contributed by atoms with E-state index < -0.39 is 17.7 Å². The maximum absolute atomic E-state index is 13.2. The van der Waals surface area contributed by atoms with Crippen molar-refractivity contribution in [3.63, 3.8) is 0 Å². The molecule has 6 heteroatoms. The van der Waals surface area contributed by atoms with Crippen LogP contribution in [-0.2, 0) is 6.54 Å². The van der Waals surface area contributed by atoms with Crippen molar-refractivity contribution in [2.24, 2.45) is 0 Å². The summed E-state index contributed by atoms with van der Waals surface area (Å²) in [5.41, 5.74) is 1.05. The molecule has 0 saturated heterocycles. The lowest BCUT2D eigenvalue weighted by Crippen LogP contribution is -2.29. The van der Waals surface area contributed by atoms with Crippen LogP contribution in [0.25, 0.3) is 0 Å². The van der Waals surface area contributed by atoms with Gasteiger partial charge in [0.2, 0.25) is 0 Å². The summed E-state index contributed by atoms with van der Waals surface area (Å²) in [5.74, 6) is 3.56. The van der Waals surface area contributed by atoms with Crippen molar-refractivity contribution in [2.75, 3.05) is 6.54 Å². The lowest BCUT2D eigenvalue weighted by atomic mass is 10.2. The van der Waals surface area contributed by atoms with E-state index in [2.05, 4.69) is 11.8 Å². The molecule has 0 unspecified atom stereocenters. The van der Waals surface area contributed by atoms with Gasteiger partial charge in [0.25, 0.3) is 0 Å². The fourth-order valence-corrected chi connectivity index (χ4v) is 1.95. The Kier molecular flexibility index (Phi) is 5.56. The number of hydrogen-bond acceptors (Lipinski definition) is 1. The average Bonchev–Trinajstić information content (AvgIpc) is 2.51. The molecule has 1 N–H and O–H groups in total. The normalized spacial score (nSPS) is 9.87. The molecule has 2 aromatic carbocycles. The molecule has 23 heavy (non-hydrogen) atoms. The van der Waals surface area contributed by atoms with Gasteiger partial charge >= 0.3 is 6.09 Å². The minimum absolute atomic E-state index is 0.0586. The number of amides is 1. The fraction of sp³-hybridized carbons (Fsp3) is 0.118. The van der Waals surface area contributed by atoms with E-state index in [4.69, 9.17) is 16.7 Å². The average molecular weight is 336 g/mol. The molecule has 0 aliphatic heterocycles. The van der Waals surface area contributed by atoms with Crippen molar-refractivity contribution in [3.05, 3.63) is 70.2 Å². The van der Waals surface area contributed by atoms with Gasteiger partial charge in [-0.1, -0.05) is 29.5 Å². The third-order valence-electron chi connectivity index (χ3n) is 2.97. The molecule has 0 fully saturated rings. The molecule has 0 aliphatic rings. The number of carbonyl (C=O) groups is 1. The van der Waals surface area contributed by atoms with Crippen LogP contribution in [-0.4, -0.2) is 22.6 Å². The fourth-order valence-electron chi connectivity index (χ4n) is 1.82. The second kappa shape index (κ2) is 7.61. The summed E-state index contributed by atoms with van der Waals surface area (Å²) >= 11 is 5.76. The number of carboxylic acid groups (broad SMARTS) is 1. The highest BCUT2D eigenvalue weighted by Crippen LogP contribution is 2.11. The Hall–Kier alpha value is -2.58. The first kappa shape index (κ1) is 16.8. The smallest absolute Gasteiger partial charge is 0.408 e. The maximum atomic E-state index is 13.2. The quantitative estimate of drug-likeness (QED) is 0.856. The molecule has 118 valence electrons. The molecule has 0 aliphatic carbocycles. The molecule has 0 aromatic heterocycles. The van der Waals surface area contributed by atoms with Crippen LogP contribution in [0.15, 0.2) is 42.5 Å². The zero-order valence-corrected chi connectivity index (χ0v) is 12.6. The first-order valence-electron chi connectivity index (χ1n) is 6.62. The second-order valence-corrected chi connectivity index (χ2v) is 5.13. The van der Waals surface area contributed by atoms with Gasteiger partial charge in [0.15, 0.2) is 11.6 Å². The Bertz CT molecular complexity index is 766. The van der Waals surface area contributed by atoms with Gasteiger partial charge < -0.3 is 5.11 Å². The summed E-state index contributed by atoms with van der Waals surface area (Å²) in [6, 6.07) is 10.1. The topological polar surface area (TPSA) is 40.5 Å². The molecule has 2 aromatic rings. The van der Waals surface area contributed by atoms with E-state index >= 15 is 0 Å². The molecule has 1 amide bonds. The summed E-state index contributed by atoms with van der Waals surface area (Å²) in [4.78, 5) is 12.2. The van der Waals surface area contributed by atoms with E-state index in [9.17, 15) is 13.6 Å². The lowest BCUT2D eigenvalue weighted by molar-refractivity contribution is 0.148. The molecular weight excluding hydrogens is 324 g/mol. The highest BCUT2D eigenvalue weighted by molar-refractivity contribution is 6.30. The van der Waals surface area contributed by atoms with Crippen molar-refractivity contribution in [2.45, 2.75) is 6.54 Å². The van der Waals surface area contributed by atoms with Crippen LogP contribution in [0, 0.1) is 23.5 Å². The standard InChI is InChI=1S/C17H12ClF2NO2/c18-14-6-3-12(4-7-14)2-1-9-21(17(22)23)11-13-5-8-15(19)16(20)10-13/h3-8,10H,9,11H2,(H,22,23). The van der Waals surface area contributed by atoms with Gasteiger partial charge in [-0.2, -0.15) is 0 Å². The highest BCUT2D eigenvalue weighted by Gasteiger charge is 2.12. The van der Waals surface area contributed by atoms with E-state index in [1.165, 1.54) is 6.07 Å². The number of benzene rings is 2. The minimum Gasteiger partial charge on any atom is -0.465 e. The van der Waals surface area contributed by atoms with Gasteiger partial charge in [-0.15, -0.1) is 0 Å². The van der Waals surface area contributed by atoms with Crippen LogP contribution in [0.2, 0.25) is 5.02 Å². The van der Waals surface area contributed by atoms with Crippen LogP contribution in [0.1, 0.15) is 11.1 Å². The van der Waals surface area contributed by atoms with Crippen LogP contribution in [0.3, 0.4) is 0 Å². The second-order valence-electron chi connectivity index (χ2n) is 4.70. The molecule has 0 spiro atoms. The third-order valence-corrected chi connectivity index (χ3v) is 3.23. The Morgan fingerprint density at radius 3 is 2.43 bits per heavy atom. The number of nitrogens with zero attached hydrogens (tertiary/aromatic N) is 1. The van der Waals surface area contributed by atoms with Gasteiger partial charge in [0.1, 0.15) is 0 Å². The molecule has 0 bridgehead atoms. The molecule has 0 radical (unpaired) electrons. The van der Waals surface area contributed by atoms with Crippen molar-refractivity contribution in [1.82, 2.24) is 4.90 Å². The SMILES string of the molecule is O=C(O)N(CC#Cc1ccc(Cl)cc1)Cc1ccc(F)c(F)c1. The maximum Gasteiger partial charge on any atom is 0.408 e. The van der Waals surface area contributed by atoms with E-state index in [-0.39, 0.29) is 13.1 Å². The van der Waals surface area contributed by atoms with Crippen molar-refractivity contribution in [3.8, 4) is 11.8 Å². The van der Waals surface area contributed by atoms with Gasteiger partial charge in [0, 0.05) is 10.6 Å². The van der Waals surface area contributed by atoms with Gasteiger partial charge in [-0.3, -0.25) is 4.90 Å². The molecule has 0 heterocycles. The van der Waals surface area contributed by atoms with E-state index in [1.807, 2.05) is 0 Å². The molecule has 0 saturated carbocycles. The van der Waals surface area contributed by atoms with Crippen molar-refractivity contribution < 1.29 is 18.7 Å². The third kappa shape index (κ3) is 4.97. The van der Waals surface area contributed by atoms with E-state index in [0.29, 0.717) is 16.1 Å². The van der Waals surface area contributed by atoms with Crippen LogP contribution >= 0.6 is 11.6 Å². The van der Waals surface area contributed by atoms with Gasteiger partial charge in [-0.25, -0.2) is 13.6 Å². The van der Waals surface area contributed by atoms with Crippen LogP contribution in [0.4, 0.5) is 13.6 Å². The molecule has 2 rings (SSSR count). The zero-order valence-electron chi connectivity index (χ0n) is 11.9. The van der Waals surface area contributed by atoms with Crippen molar-refractivity contribution in [1.29, 1.82) is 0 Å². The molecule has 0 atom stereocenters. The Morgan fingerprint density at radius 2 is 1.83 bits per heavy atom. The summed E-state index contributed by atoms with van der Waals surface area (Å²) in [7, 11) is 0. The Balaban J connectivity index is 2.06. The number of hydrogen-bond donors (Lipinski definition) is 1. The van der Waals surface area contributed by atoms with E-state index in [1.54, 1.807) is 24.3 Å². The summed E-state index contributed by atoms with van der Waals surface area (Å²) in [5, 5.41) is 9.75. The number of rotatable bonds is 3. The Labute approximate surface area is 137 Å². The summed E-state index contributed by atoms with van der Waals surface area (Å²) in [6.45, 7) is -0.140. The monoisotopic (exact) mass is 335 g/mol. The van der Waals surface area contributed by atoms with Gasteiger partial charge in [0.05, 0.1) is 13.1 Å². The predicted octanol–water partition coefficient (Wildman–Crippen LogP) is 4.15. The summed E-state index contributed by atoms with van der Waals surface area (Å²) < 4.78 is 26.0. The Morgan fingerprint density at radius 1 is 1.13 bits per heavy atom. The molecular formula is C17H12ClF2NO2. The first-order valence-corrected chi connectivity index (χ1v) is 7.00. The van der Waals surface area contributed by atoms with Crippen molar-refractivity contribution >= 4 is 17.7 Å². The molecule has 3 nitrogen and oxygen atoms in total. The van der Waals surface area contributed by atoms with E-state index in [0.717, 1.165) is 17.0 Å². The first-order chi connectivity index (χ1) is 11.0. The van der Waals surface area contributed by atoms with Crippen LogP contribution in [0.5, 0.6) is 0 Å². The summed E-state index contributed by atoms with van der Waals surface area (Å²) in [6.07, 6.45) is -1.19. The highest BCUT2D eigenvalue weighted by atomic mass is 35.5. The lowest BCUT2D eigenvalue weighted by Gasteiger charge is -2.16. The minimum atomic E-state index is -1.19. The zero-order chi connectivity index (χ0) is 16.8. The predicted molar refractivity (Wildman–Crippen MR) is 83.1 cm³/mol.